The number of nitrogens with zero attached hydrogens (tertiary/aromatic N) is 2. The fraction of sp³-hybridized carbons (Fsp3) is 0.227. The number of hydrogen-bond acceptors (Lipinski definition) is 4. The van der Waals surface area contributed by atoms with Gasteiger partial charge in [-0.25, -0.2) is 4.98 Å². The van der Waals surface area contributed by atoms with Gasteiger partial charge < -0.3 is 10.2 Å². The van der Waals surface area contributed by atoms with E-state index in [1.165, 1.54) is 16.2 Å². The van der Waals surface area contributed by atoms with Crippen LogP contribution in [-0.4, -0.2) is 35.3 Å². The molecule has 29 heavy (non-hydrogen) atoms. The van der Waals surface area contributed by atoms with Gasteiger partial charge in [-0.1, -0.05) is 48.9 Å². The molecule has 7 heteroatoms. The van der Waals surface area contributed by atoms with E-state index in [4.69, 9.17) is 11.6 Å². The van der Waals surface area contributed by atoms with E-state index in [2.05, 4.69) is 10.3 Å². The maximum absolute atomic E-state index is 12.9. The molecule has 1 aromatic heterocycles. The van der Waals surface area contributed by atoms with Crippen molar-refractivity contribution in [3.63, 3.8) is 0 Å². The molecule has 0 saturated heterocycles. The van der Waals surface area contributed by atoms with Crippen molar-refractivity contribution in [2.45, 2.75) is 20.3 Å². The van der Waals surface area contributed by atoms with Crippen LogP contribution >= 0.6 is 22.9 Å². The predicted octanol–water partition coefficient (Wildman–Crippen LogP) is 5.05. The average Bonchev–Trinajstić information content (AvgIpc) is 3.09. The Kier molecular flexibility index (Phi) is 6.67. The lowest BCUT2D eigenvalue weighted by Gasteiger charge is -2.17. The molecule has 0 aliphatic carbocycles. The van der Waals surface area contributed by atoms with E-state index >= 15 is 0 Å². The summed E-state index contributed by atoms with van der Waals surface area (Å²) in [5, 5.41) is 4.23. The van der Waals surface area contributed by atoms with E-state index in [1.54, 1.807) is 20.0 Å². The zero-order chi connectivity index (χ0) is 21.0. The summed E-state index contributed by atoms with van der Waals surface area (Å²) in [6, 6.07) is 15.0. The van der Waals surface area contributed by atoms with Gasteiger partial charge in [-0.15, -0.1) is 11.3 Å². The Morgan fingerprint density at radius 3 is 2.66 bits per heavy atom. The van der Waals surface area contributed by atoms with Gasteiger partial charge in [0.1, 0.15) is 9.88 Å². The smallest absolute Gasteiger partial charge is 0.266 e. The maximum atomic E-state index is 12.9. The highest BCUT2D eigenvalue weighted by Crippen LogP contribution is 2.30. The second-order valence-electron chi connectivity index (χ2n) is 6.66. The molecule has 2 amide bonds. The molecule has 0 saturated carbocycles. The van der Waals surface area contributed by atoms with E-state index in [0.717, 1.165) is 28.2 Å². The highest BCUT2D eigenvalue weighted by Gasteiger charge is 2.21. The van der Waals surface area contributed by atoms with Crippen molar-refractivity contribution < 1.29 is 9.59 Å². The molecule has 0 aliphatic heterocycles. The monoisotopic (exact) mass is 427 g/mol. The lowest BCUT2D eigenvalue weighted by Crippen LogP contribution is -2.35. The van der Waals surface area contributed by atoms with Crippen LogP contribution in [0.2, 0.25) is 5.02 Å². The van der Waals surface area contributed by atoms with E-state index in [0.29, 0.717) is 15.6 Å². The van der Waals surface area contributed by atoms with Crippen LogP contribution in [0.4, 0.5) is 5.69 Å². The van der Waals surface area contributed by atoms with Crippen molar-refractivity contribution in [3.8, 4) is 10.6 Å². The predicted molar refractivity (Wildman–Crippen MR) is 119 cm³/mol. The number of carbonyl (C=O) groups excluding carboxylic acids is 2. The number of thiazole rings is 1. The molecule has 1 heterocycles. The van der Waals surface area contributed by atoms with Crippen molar-refractivity contribution in [1.29, 1.82) is 0 Å². The normalized spacial score (nSPS) is 10.6. The Bertz CT molecular complexity index is 1050. The molecule has 1 N–H and O–H groups in total. The van der Waals surface area contributed by atoms with E-state index in [9.17, 15) is 9.59 Å². The fourth-order valence-electron chi connectivity index (χ4n) is 2.94. The van der Waals surface area contributed by atoms with E-state index in [-0.39, 0.29) is 18.4 Å². The molecule has 0 radical (unpaired) electrons. The summed E-state index contributed by atoms with van der Waals surface area (Å²) >= 11 is 7.36. The fourth-order valence-corrected chi connectivity index (χ4v) is 4.19. The molecule has 0 unspecified atom stereocenters. The number of aryl methyl sites for hydroxylation is 2. The minimum atomic E-state index is -0.237. The summed E-state index contributed by atoms with van der Waals surface area (Å²) in [7, 11) is 1.62. The van der Waals surface area contributed by atoms with Gasteiger partial charge in [-0.3, -0.25) is 9.59 Å². The topological polar surface area (TPSA) is 62.3 Å². The molecular formula is C22H22ClN3O2S. The molecule has 0 spiro atoms. The van der Waals surface area contributed by atoms with E-state index < -0.39 is 0 Å². The van der Waals surface area contributed by atoms with Crippen LogP contribution in [-0.2, 0) is 11.2 Å². The minimum Gasteiger partial charge on any atom is -0.332 e. The SMILES string of the molecule is CCc1ccccc1NC(=O)CN(C)C(=O)c1sc(-c2cccc(Cl)c2)nc1C. The van der Waals surface area contributed by atoms with E-state index in [1.807, 2.05) is 49.4 Å². The number of amides is 2. The molecule has 3 aromatic rings. The first-order chi connectivity index (χ1) is 13.9. The van der Waals surface area contributed by atoms with Crippen molar-refractivity contribution in [1.82, 2.24) is 9.88 Å². The molecule has 0 aliphatic rings. The first-order valence-corrected chi connectivity index (χ1v) is 10.4. The molecule has 5 nitrogen and oxygen atoms in total. The Morgan fingerprint density at radius 1 is 1.17 bits per heavy atom. The number of hydrogen-bond donors (Lipinski definition) is 1. The summed E-state index contributed by atoms with van der Waals surface area (Å²) in [6.07, 6.45) is 0.817. The second-order valence-corrected chi connectivity index (χ2v) is 8.10. The van der Waals surface area contributed by atoms with Crippen LogP contribution in [0.25, 0.3) is 10.6 Å². The third kappa shape index (κ3) is 5.02. The van der Waals surface area contributed by atoms with Gasteiger partial charge in [0.15, 0.2) is 0 Å². The zero-order valence-corrected chi connectivity index (χ0v) is 18.1. The third-order valence-electron chi connectivity index (χ3n) is 4.46. The zero-order valence-electron chi connectivity index (χ0n) is 16.5. The maximum Gasteiger partial charge on any atom is 0.266 e. The van der Waals surface area contributed by atoms with Crippen LogP contribution < -0.4 is 5.32 Å². The van der Waals surface area contributed by atoms with Crippen molar-refractivity contribution in [3.05, 3.63) is 69.7 Å². The second kappa shape index (κ2) is 9.20. The van der Waals surface area contributed by atoms with Crippen molar-refractivity contribution in [2.75, 3.05) is 18.9 Å². The number of rotatable bonds is 6. The van der Waals surface area contributed by atoms with Gasteiger partial charge in [0.2, 0.25) is 5.91 Å². The molecule has 150 valence electrons. The largest absolute Gasteiger partial charge is 0.332 e. The summed E-state index contributed by atoms with van der Waals surface area (Å²) in [5.74, 6) is -0.466. The lowest BCUT2D eigenvalue weighted by molar-refractivity contribution is -0.116. The summed E-state index contributed by atoms with van der Waals surface area (Å²) in [4.78, 5) is 31.8. The Morgan fingerprint density at radius 2 is 1.93 bits per heavy atom. The summed E-state index contributed by atoms with van der Waals surface area (Å²) < 4.78 is 0. The van der Waals surface area contributed by atoms with Gasteiger partial charge in [-0.2, -0.15) is 0 Å². The van der Waals surface area contributed by atoms with Gasteiger partial charge in [0.05, 0.1) is 12.2 Å². The standard InChI is InChI=1S/C22H22ClN3O2S/c1-4-15-8-5-6-11-18(15)25-19(27)13-26(3)22(28)20-14(2)24-21(29-20)16-9-7-10-17(23)12-16/h5-12H,4,13H2,1-3H3,(H,25,27). The Hall–Kier alpha value is -2.70. The van der Waals surface area contributed by atoms with Crippen LogP contribution in [0.5, 0.6) is 0 Å². The Labute approximate surface area is 179 Å². The molecule has 0 bridgehead atoms. The Balaban J connectivity index is 1.71. The number of halogens is 1. The first-order valence-electron chi connectivity index (χ1n) is 9.25. The van der Waals surface area contributed by atoms with Gasteiger partial charge in [0.25, 0.3) is 5.91 Å². The minimum absolute atomic E-state index is 0.0410. The number of anilines is 1. The van der Waals surface area contributed by atoms with Crippen LogP contribution in [0.3, 0.4) is 0 Å². The highest BCUT2D eigenvalue weighted by atomic mass is 35.5. The quantitative estimate of drug-likeness (QED) is 0.599. The van der Waals surface area contributed by atoms with Gasteiger partial charge in [-0.05, 0) is 37.1 Å². The molecule has 3 rings (SSSR count). The number of aromatic nitrogens is 1. The summed E-state index contributed by atoms with van der Waals surface area (Å²) in [5.41, 5.74) is 3.33. The van der Waals surface area contributed by atoms with Crippen molar-refractivity contribution in [2.24, 2.45) is 0 Å². The lowest BCUT2D eigenvalue weighted by atomic mass is 10.1. The third-order valence-corrected chi connectivity index (χ3v) is 5.89. The van der Waals surface area contributed by atoms with Crippen LogP contribution in [0.1, 0.15) is 27.9 Å². The highest BCUT2D eigenvalue weighted by molar-refractivity contribution is 7.17. The number of likely N-dealkylation sites (N-methyl/N-ethyl adjacent to an activating group) is 1. The molecule has 0 fully saturated rings. The van der Waals surface area contributed by atoms with Crippen LogP contribution in [0, 0.1) is 6.92 Å². The number of benzene rings is 2. The molecule has 2 aromatic carbocycles. The average molecular weight is 428 g/mol. The summed E-state index contributed by atoms with van der Waals surface area (Å²) in [6.45, 7) is 3.79. The first kappa shape index (κ1) is 21.0. The van der Waals surface area contributed by atoms with Gasteiger partial charge >= 0.3 is 0 Å². The molecular weight excluding hydrogens is 406 g/mol. The van der Waals surface area contributed by atoms with Crippen LogP contribution in [0.15, 0.2) is 48.5 Å². The number of carbonyl (C=O) groups is 2. The number of nitrogens with one attached hydrogen (secondary N) is 1. The van der Waals surface area contributed by atoms with Gasteiger partial charge in [0, 0.05) is 23.3 Å². The molecule has 0 atom stereocenters. The van der Waals surface area contributed by atoms with Crippen molar-refractivity contribution >= 4 is 40.4 Å². The number of para-hydroxylation sites is 1.